The van der Waals surface area contributed by atoms with Crippen LogP contribution in [0.25, 0.3) is 16.9 Å². The monoisotopic (exact) mass is 534 g/mol. The minimum atomic E-state index is -1.01. The van der Waals surface area contributed by atoms with Crippen molar-refractivity contribution in [2.45, 2.75) is 39.2 Å². The van der Waals surface area contributed by atoms with Gasteiger partial charge in [-0.3, -0.25) is 19.2 Å². The summed E-state index contributed by atoms with van der Waals surface area (Å²) in [6.45, 7) is 0.429. The average molecular weight is 535 g/mol. The number of hydrogen-bond donors (Lipinski definition) is 6. The number of carbonyl (C=O) groups excluding carboxylic acids is 4. The molecule has 2 aromatic rings. The lowest BCUT2D eigenvalue weighted by molar-refractivity contribution is -0.123. The van der Waals surface area contributed by atoms with Crippen molar-refractivity contribution in [3.63, 3.8) is 0 Å². The largest absolute Gasteiger partial charge is 0.511 e. The number of carbonyl (C=O) groups is 4. The van der Waals surface area contributed by atoms with E-state index >= 15 is 0 Å². The molecule has 10 heteroatoms. The molecule has 10 nitrogen and oxygen atoms in total. The summed E-state index contributed by atoms with van der Waals surface area (Å²) < 4.78 is 0. The second-order valence-corrected chi connectivity index (χ2v) is 9.92. The van der Waals surface area contributed by atoms with Gasteiger partial charge in [0.2, 0.25) is 5.91 Å². The van der Waals surface area contributed by atoms with Crippen LogP contribution >= 0.6 is 0 Å². The van der Waals surface area contributed by atoms with Gasteiger partial charge in [0.15, 0.2) is 11.6 Å². The highest BCUT2D eigenvalue weighted by Crippen LogP contribution is 2.47. The molecule has 204 valence electrons. The van der Waals surface area contributed by atoms with Gasteiger partial charge < -0.3 is 31.5 Å². The van der Waals surface area contributed by atoms with Gasteiger partial charge in [0.25, 0.3) is 5.91 Å². The fourth-order valence-corrected chi connectivity index (χ4v) is 5.61. The van der Waals surface area contributed by atoms with Crippen molar-refractivity contribution in [1.82, 2.24) is 5.32 Å². The fourth-order valence-electron chi connectivity index (χ4n) is 5.61. The first kappa shape index (κ1) is 27.6. The van der Waals surface area contributed by atoms with Crippen molar-refractivity contribution in [3.05, 3.63) is 70.0 Å². The summed E-state index contributed by atoms with van der Waals surface area (Å²) in [5.41, 5.74) is 7.10. The zero-order valence-corrected chi connectivity index (χ0v) is 21.4. The Hall–Kier alpha value is -4.44. The third-order valence-electron chi connectivity index (χ3n) is 7.28. The molecule has 0 spiro atoms. The minimum absolute atomic E-state index is 0.0127. The highest BCUT2D eigenvalue weighted by Gasteiger charge is 2.39. The van der Waals surface area contributed by atoms with Crippen molar-refractivity contribution in [3.8, 4) is 16.9 Å². The van der Waals surface area contributed by atoms with E-state index in [0.717, 1.165) is 5.56 Å². The second-order valence-electron chi connectivity index (χ2n) is 9.92. The van der Waals surface area contributed by atoms with Crippen molar-refractivity contribution in [2.75, 3.05) is 6.61 Å². The first-order chi connectivity index (χ1) is 18.5. The van der Waals surface area contributed by atoms with E-state index in [-0.39, 0.29) is 55.0 Å². The van der Waals surface area contributed by atoms with Crippen LogP contribution in [-0.4, -0.2) is 50.4 Å². The standard InChI is InChI=1S/C29H30N2O8/c1-14(33)31-12-18-11-19(16-5-3-2-4-6-16)20-10-17(24(23(36)13-32)28(38)25(20)27(18)37)7-15-8-21(34)26(29(30)39)22(35)9-15/h2-6,11,15,17,32,34,37-38H,7-10,12-13H2,1H3,(H2,30,39)(H,31,33)/t15-,17+/m0/s1. The number of allylic oxidation sites excluding steroid dienone is 1. The van der Waals surface area contributed by atoms with Crippen LogP contribution in [0.5, 0.6) is 5.75 Å². The number of rotatable bonds is 8. The number of aromatic hydroxyl groups is 1. The first-order valence-electron chi connectivity index (χ1n) is 12.5. The molecule has 0 heterocycles. The molecular weight excluding hydrogens is 504 g/mol. The summed E-state index contributed by atoms with van der Waals surface area (Å²) in [6, 6.07) is 10.9. The molecule has 0 aliphatic heterocycles. The Kier molecular flexibility index (Phi) is 7.87. The van der Waals surface area contributed by atoms with Gasteiger partial charge in [-0.1, -0.05) is 30.3 Å². The molecule has 0 aromatic heterocycles. The maximum absolute atomic E-state index is 12.9. The van der Waals surface area contributed by atoms with Gasteiger partial charge in [0, 0.05) is 37.4 Å². The first-order valence-corrected chi connectivity index (χ1v) is 12.5. The van der Waals surface area contributed by atoms with Gasteiger partial charge in [-0.25, -0.2) is 0 Å². The number of Topliss-reactive ketones (excluding diaryl/α,β-unsaturated/α-hetero) is 2. The topological polar surface area (TPSA) is 187 Å². The molecule has 4 rings (SSSR count). The minimum Gasteiger partial charge on any atom is -0.511 e. The van der Waals surface area contributed by atoms with Crippen molar-refractivity contribution >= 4 is 29.1 Å². The zero-order chi connectivity index (χ0) is 28.4. The zero-order valence-electron chi connectivity index (χ0n) is 21.4. The summed E-state index contributed by atoms with van der Waals surface area (Å²) >= 11 is 0. The number of ketones is 2. The molecule has 0 saturated heterocycles. The number of phenols is 1. The van der Waals surface area contributed by atoms with Crippen LogP contribution in [0.15, 0.2) is 53.3 Å². The number of aliphatic hydroxyl groups is 3. The summed E-state index contributed by atoms with van der Waals surface area (Å²) in [7, 11) is 0. The van der Waals surface area contributed by atoms with E-state index in [4.69, 9.17) is 5.73 Å². The summed E-state index contributed by atoms with van der Waals surface area (Å²) in [4.78, 5) is 48.5. The molecule has 2 atom stereocenters. The quantitative estimate of drug-likeness (QED) is 0.278. The maximum Gasteiger partial charge on any atom is 0.255 e. The molecule has 2 aromatic carbocycles. The predicted octanol–water partition coefficient (Wildman–Crippen LogP) is 2.36. The Morgan fingerprint density at radius 1 is 1.05 bits per heavy atom. The number of phenolic OH excluding ortho intramolecular Hbond substituents is 1. The summed E-state index contributed by atoms with van der Waals surface area (Å²) in [5.74, 6) is -4.98. The predicted molar refractivity (Wildman–Crippen MR) is 141 cm³/mol. The smallest absolute Gasteiger partial charge is 0.255 e. The number of aliphatic hydroxyl groups excluding tert-OH is 3. The molecule has 2 amide bonds. The lowest BCUT2D eigenvalue weighted by Gasteiger charge is -2.33. The van der Waals surface area contributed by atoms with Crippen LogP contribution in [0.4, 0.5) is 0 Å². The number of amides is 2. The van der Waals surface area contributed by atoms with Crippen LogP contribution < -0.4 is 11.1 Å². The average Bonchev–Trinajstić information content (AvgIpc) is 2.87. The molecule has 0 unspecified atom stereocenters. The van der Waals surface area contributed by atoms with E-state index in [2.05, 4.69) is 5.32 Å². The number of fused-ring (bicyclic) bond motifs is 1. The highest BCUT2D eigenvalue weighted by atomic mass is 16.3. The van der Waals surface area contributed by atoms with Crippen molar-refractivity contribution in [2.24, 2.45) is 17.6 Å². The molecular formula is C29H30N2O8. The fraction of sp³-hybridized carbons (Fsp3) is 0.310. The molecule has 2 aliphatic carbocycles. The molecule has 0 fully saturated rings. The van der Waals surface area contributed by atoms with Gasteiger partial charge in [0.05, 0.1) is 5.56 Å². The highest BCUT2D eigenvalue weighted by molar-refractivity contribution is 6.19. The maximum atomic E-state index is 12.9. The SMILES string of the molecule is CC(=O)NCc1cc(-c2ccccc2)c2c(c1O)C(O)=C(C(=O)CO)[C@H](C[C@@H]1CC(=O)C(C(N)=O)=C(O)C1)C2. The number of nitrogens with one attached hydrogen (secondary N) is 1. The number of primary amides is 1. The van der Waals surface area contributed by atoms with Crippen LogP contribution in [0.3, 0.4) is 0 Å². The Labute approximate surface area is 224 Å². The van der Waals surface area contributed by atoms with E-state index in [1.165, 1.54) is 6.92 Å². The normalized spacial score (nSPS) is 19.1. The summed E-state index contributed by atoms with van der Waals surface area (Å²) in [5, 5.41) is 45.2. The molecule has 0 radical (unpaired) electrons. The summed E-state index contributed by atoms with van der Waals surface area (Å²) in [6.07, 6.45) is 0.256. The Balaban J connectivity index is 1.84. The molecule has 7 N–H and O–H groups in total. The lowest BCUT2D eigenvalue weighted by atomic mass is 9.71. The Morgan fingerprint density at radius 2 is 1.74 bits per heavy atom. The third kappa shape index (κ3) is 5.42. The van der Waals surface area contributed by atoms with Gasteiger partial charge in [-0.05, 0) is 47.4 Å². The lowest BCUT2D eigenvalue weighted by Crippen LogP contribution is -2.31. The van der Waals surface area contributed by atoms with Crippen molar-refractivity contribution < 1.29 is 39.6 Å². The molecule has 0 saturated carbocycles. The van der Waals surface area contributed by atoms with Gasteiger partial charge in [-0.15, -0.1) is 0 Å². The van der Waals surface area contributed by atoms with Crippen molar-refractivity contribution in [1.29, 1.82) is 0 Å². The van der Waals surface area contributed by atoms with E-state index in [9.17, 15) is 39.6 Å². The van der Waals surface area contributed by atoms with Crippen LogP contribution in [0.1, 0.15) is 42.9 Å². The van der Waals surface area contributed by atoms with E-state index in [1.54, 1.807) is 6.07 Å². The second kappa shape index (κ2) is 11.1. The van der Waals surface area contributed by atoms with Gasteiger partial charge in [0.1, 0.15) is 29.4 Å². The Bertz CT molecular complexity index is 1420. The van der Waals surface area contributed by atoms with E-state index in [0.29, 0.717) is 16.7 Å². The van der Waals surface area contributed by atoms with Gasteiger partial charge >= 0.3 is 0 Å². The number of benzene rings is 2. The Morgan fingerprint density at radius 3 is 2.33 bits per heavy atom. The van der Waals surface area contributed by atoms with E-state index in [1.807, 2.05) is 30.3 Å². The van der Waals surface area contributed by atoms with Crippen LogP contribution in [0, 0.1) is 11.8 Å². The molecule has 0 bridgehead atoms. The van der Waals surface area contributed by atoms with E-state index < -0.39 is 53.0 Å². The third-order valence-corrected chi connectivity index (χ3v) is 7.28. The molecule has 39 heavy (non-hydrogen) atoms. The van der Waals surface area contributed by atoms with Gasteiger partial charge in [-0.2, -0.15) is 0 Å². The number of nitrogens with two attached hydrogens (primary N) is 1. The number of hydrogen-bond acceptors (Lipinski definition) is 8. The molecule has 2 aliphatic rings. The van der Waals surface area contributed by atoms with Crippen LogP contribution in [0.2, 0.25) is 0 Å². The van der Waals surface area contributed by atoms with Crippen LogP contribution in [-0.2, 0) is 32.1 Å².